The summed E-state index contributed by atoms with van der Waals surface area (Å²) < 4.78 is 0. The molecule has 0 spiro atoms. The topological polar surface area (TPSA) is 168 Å². The lowest BCUT2D eigenvalue weighted by Crippen LogP contribution is -2.11. The third-order valence-electron chi connectivity index (χ3n) is 12.4. The largest absolute Gasteiger partial charge is 0.504 e. The van der Waals surface area contributed by atoms with Gasteiger partial charge in [0.1, 0.15) is 11.4 Å². The van der Waals surface area contributed by atoms with Crippen LogP contribution in [0, 0.1) is 0 Å². The molecule has 70 heavy (non-hydrogen) atoms. The molecule has 8 N–H and O–H groups in total. The van der Waals surface area contributed by atoms with Crippen LogP contribution in [-0.4, -0.2) is 40.9 Å². The number of aromatic hydroxyl groups is 8. The zero-order valence-corrected chi connectivity index (χ0v) is 37.3. The van der Waals surface area contributed by atoms with Gasteiger partial charge in [-0.05, 0) is 93.0 Å². The Morgan fingerprint density at radius 3 is 0.586 bits per heavy atom. The van der Waals surface area contributed by atoms with E-state index in [-0.39, 0.29) is 22.5 Å². The highest BCUT2D eigenvalue weighted by molar-refractivity contribution is 5.96. The maximum absolute atomic E-state index is 11.7. The molecule has 10 nitrogen and oxygen atoms in total. The number of anilines is 6. The van der Waals surface area contributed by atoms with E-state index in [2.05, 4.69) is 0 Å². The first kappa shape index (κ1) is 44.1. The molecule has 342 valence electrons. The lowest BCUT2D eigenvalue weighted by molar-refractivity contribution is 0.377. The molecule has 0 amide bonds. The molecule has 0 saturated heterocycles. The van der Waals surface area contributed by atoms with Crippen molar-refractivity contribution >= 4 is 34.1 Å². The molecule has 0 heterocycles. The van der Waals surface area contributed by atoms with Crippen LogP contribution in [0.3, 0.4) is 0 Å². The quantitative estimate of drug-likeness (QED) is 0.0462. The molecule has 0 aliphatic carbocycles. The number of benzene rings is 10. The summed E-state index contributed by atoms with van der Waals surface area (Å²) in [5.74, 6) is -5.03. The lowest BCUT2D eigenvalue weighted by Gasteiger charge is -2.29. The highest BCUT2D eigenvalue weighted by Gasteiger charge is 2.31. The van der Waals surface area contributed by atoms with Gasteiger partial charge in [-0.15, -0.1) is 0 Å². The third kappa shape index (κ3) is 8.01. The van der Waals surface area contributed by atoms with Crippen molar-refractivity contribution in [1.82, 2.24) is 0 Å². The van der Waals surface area contributed by atoms with Gasteiger partial charge in [0.15, 0.2) is 46.0 Å². The van der Waals surface area contributed by atoms with Gasteiger partial charge in [0.25, 0.3) is 0 Å². The van der Waals surface area contributed by atoms with Crippen LogP contribution >= 0.6 is 0 Å². The third-order valence-corrected chi connectivity index (χ3v) is 12.4. The average molecular weight is 921 g/mol. The summed E-state index contributed by atoms with van der Waals surface area (Å²) in [7, 11) is 0. The fraction of sp³-hybridized carbons (Fsp3) is 0. The number of phenols is 8. The van der Waals surface area contributed by atoms with Gasteiger partial charge in [-0.3, -0.25) is 0 Å². The van der Waals surface area contributed by atoms with Gasteiger partial charge in [0, 0.05) is 22.7 Å². The molecule has 0 aromatic heterocycles. The normalized spacial score (nSPS) is 11.0. The first-order valence-electron chi connectivity index (χ1n) is 22.3. The van der Waals surface area contributed by atoms with Gasteiger partial charge in [-0.2, -0.15) is 0 Å². The predicted octanol–water partition coefficient (Wildman–Crippen LogP) is 14.6. The van der Waals surface area contributed by atoms with Crippen molar-refractivity contribution in [2.75, 3.05) is 9.80 Å². The van der Waals surface area contributed by atoms with E-state index in [1.165, 1.54) is 0 Å². The summed E-state index contributed by atoms with van der Waals surface area (Å²) in [4.78, 5) is 3.10. The minimum absolute atomic E-state index is 0.122. The molecule has 10 aromatic carbocycles. The summed E-state index contributed by atoms with van der Waals surface area (Å²) >= 11 is 0. The maximum atomic E-state index is 11.7. The van der Waals surface area contributed by atoms with E-state index in [1.54, 1.807) is 94.7 Å². The van der Waals surface area contributed by atoms with E-state index >= 15 is 0 Å². The van der Waals surface area contributed by atoms with E-state index < -0.39 is 46.0 Å². The molecule has 0 aliphatic rings. The Morgan fingerprint density at radius 2 is 0.371 bits per heavy atom. The van der Waals surface area contributed by atoms with E-state index in [9.17, 15) is 40.9 Å². The average Bonchev–Trinajstić information content (AvgIpc) is 3.41. The Labute approximate surface area is 403 Å². The van der Waals surface area contributed by atoms with Crippen molar-refractivity contribution in [2.45, 2.75) is 0 Å². The summed E-state index contributed by atoms with van der Waals surface area (Å²) in [6.45, 7) is 0. The first-order valence-corrected chi connectivity index (χ1v) is 22.3. The Bertz CT molecular complexity index is 3170. The van der Waals surface area contributed by atoms with Crippen molar-refractivity contribution in [1.29, 1.82) is 0 Å². The molecule has 0 atom stereocenters. The van der Waals surface area contributed by atoms with Crippen LogP contribution in [0.2, 0.25) is 0 Å². The van der Waals surface area contributed by atoms with Crippen molar-refractivity contribution in [3.05, 3.63) is 218 Å². The van der Waals surface area contributed by atoms with Crippen molar-refractivity contribution in [3.8, 4) is 102 Å². The summed E-state index contributed by atoms with van der Waals surface area (Å²) in [6.07, 6.45) is 0. The minimum atomic E-state index is -0.645. The molecule has 10 aromatic rings. The lowest BCUT2D eigenvalue weighted by atomic mass is 9.99. The van der Waals surface area contributed by atoms with Gasteiger partial charge in [0.05, 0.1) is 11.1 Å². The second-order valence-corrected chi connectivity index (χ2v) is 16.6. The molecular formula is C60H44N2O8. The van der Waals surface area contributed by atoms with E-state index in [0.29, 0.717) is 33.9 Å². The van der Waals surface area contributed by atoms with Crippen molar-refractivity contribution < 1.29 is 40.9 Å². The van der Waals surface area contributed by atoms with Gasteiger partial charge >= 0.3 is 0 Å². The van der Waals surface area contributed by atoms with Crippen molar-refractivity contribution in [2.24, 2.45) is 0 Å². The molecule has 0 radical (unpaired) electrons. The van der Waals surface area contributed by atoms with Gasteiger partial charge in [-0.25, -0.2) is 0 Å². The second-order valence-electron chi connectivity index (χ2n) is 16.6. The Morgan fingerprint density at radius 1 is 0.186 bits per heavy atom. The second kappa shape index (κ2) is 18.5. The van der Waals surface area contributed by atoms with E-state index in [0.717, 1.165) is 33.4 Å². The molecule has 0 unspecified atom stereocenters. The predicted molar refractivity (Wildman–Crippen MR) is 276 cm³/mol. The van der Waals surface area contributed by atoms with Crippen LogP contribution in [0.1, 0.15) is 0 Å². The van der Waals surface area contributed by atoms with Crippen LogP contribution < -0.4 is 9.80 Å². The van der Waals surface area contributed by atoms with Crippen LogP contribution in [0.5, 0.6) is 46.0 Å². The SMILES string of the molecule is Oc1c(O)c(N(c2ccc(-c3ccccc3)cc2)c2ccc(-c3ccc(N(c4ccc(-c5ccccc5)cc4)c4c(O)c(O)c(-c5ccccc5)c(O)c4O)cc3)cc2)c(O)c(O)c1-c1ccccc1. The molecule has 0 aliphatic heterocycles. The first-order chi connectivity index (χ1) is 34.1. The van der Waals surface area contributed by atoms with Crippen LogP contribution in [0.15, 0.2) is 218 Å². The summed E-state index contributed by atoms with van der Waals surface area (Å²) in [6, 6.07) is 66.0. The Kier molecular flexibility index (Phi) is 11.6. The Hall–Kier alpha value is -9.80. The Balaban J connectivity index is 1.04. The van der Waals surface area contributed by atoms with E-state index in [1.807, 2.05) is 133 Å². The number of hydrogen-bond donors (Lipinski definition) is 8. The van der Waals surface area contributed by atoms with Gasteiger partial charge in [0.2, 0.25) is 0 Å². The highest BCUT2D eigenvalue weighted by Crippen LogP contribution is 2.60. The number of phenolic OH excluding ortho intramolecular Hbond substituents is 8. The smallest absolute Gasteiger partial charge is 0.186 e. The van der Waals surface area contributed by atoms with Crippen LogP contribution in [0.4, 0.5) is 34.1 Å². The standard InChI is InChI=1S/C60H44N2O8/c63-53-49(43-17-9-3-10-18-43)54(64)58(68)51(57(53)67)61(45-29-21-39(22-30-45)37-13-5-1-6-14-37)47-33-25-41(26-34-47)42-27-35-48(36-28-42)62(46-31-23-40(24-32-46)38-15-7-2-8-16-38)52-59(69)55(65)50(56(66)60(52)70)44-19-11-4-12-20-44/h1-36,63-70H. The zero-order valence-electron chi connectivity index (χ0n) is 37.3. The zero-order chi connectivity index (χ0) is 48.5. The number of hydrogen-bond acceptors (Lipinski definition) is 10. The molecule has 0 fully saturated rings. The summed E-state index contributed by atoms with van der Waals surface area (Å²) in [5.41, 5.74) is 7.35. The van der Waals surface area contributed by atoms with Gasteiger partial charge < -0.3 is 50.7 Å². The molecular weight excluding hydrogens is 877 g/mol. The fourth-order valence-corrected chi connectivity index (χ4v) is 8.84. The fourth-order valence-electron chi connectivity index (χ4n) is 8.84. The monoisotopic (exact) mass is 920 g/mol. The molecule has 0 saturated carbocycles. The molecule has 10 rings (SSSR count). The van der Waals surface area contributed by atoms with Gasteiger partial charge in [-0.1, -0.05) is 170 Å². The maximum Gasteiger partial charge on any atom is 0.186 e. The van der Waals surface area contributed by atoms with Crippen molar-refractivity contribution in [3.63, 3.8) is 0 Å². The highest BCUT2D eigenvalue weighted by atomic mass is 16.3. The number of rotatable bonds is 11. The minimum Gasteiger partial charge on any atom is -0.504 e. The van der Waals surface area contributed by atoms with E-state index in [4.69, 9.17) is 0 Å². The molecule has 10 heteroatoms. The molecule has 0 bridgehead atoms. The summed E-state index contributed by atoms with van der Waals surface area (Å²) in [5, 5.41) is 92.6. The van der Waals surface area contributed by atoms with Crippen LogP contribution in [0.25, 0.3) is 55.6 Å². The van der Waals surface area contributed by atoms with Crippen LogP contribution in [-0.2, 0) is 0 Å². The number of nitrogens with zero attached hydrogens (tertiary/aromatic N) is 2.